The molecule has 0 heterocycles. The Kier molecular flexibility index (Phi) is 3.26. The van der Waals surface area contributed by atoms with Crippen molar-refractivity contribution in [3.05, 3.63) is 0 Å². The fraction of sp³-hybridized carbons (Fsp3) is 1.00. The molecule has 0 aromatic carbocycles. The fourth-order valence-electron chi connectivity index (χ4n) is 1.44. The van der Waals surface area contributed by atoms with Gasteiger partial charge < -0.3 is 5.32 Å². The van der Waals surface area contributed by atoms with Gasteiger partial charge in [0.1, 0.15) is 0 Å². The lowest BCUT2D eigenvalue weighted by Gasteiger charge is -2.23. The monoisotopic (exact) mass is 219 g/mol. The zero-order valence-corrected chi connectivity index (χ0v) is 10.3. The van der Waals surface area contributed by atoms with E-state index in [2.05, 4.69) is 5.32 Å². The molecule has 1 unspecified atom stereocenters. The smallest absolute Gasteiger partial charge is 0.156 e. The Bertz CT molecular complexity index is 286. The molecule has 0 amide bonds. The molecule has 1 rings (SSSR count). The normalized spacial score (nSPS) is 20.9. The van der Waals surface area contributed by atoms with Crippen molar-refractivity contribution >= 4 is 9.84 Å². The summed E-state index contributed by atoms with van der Waals surface area (Å²) in [5.74, 6) is 0.856. The van der Waals surface area contributed by atoms with E-state index in [-0.39, 0.29) is 11.8 Å². The van der Waals surface area contributed by atoms with Gasteiger partial charge in [-0.3, -0.25) is 0 Å². The maximum Gasteiger partial charge on any atom is 0.156 e. The van der Waals surface area contributed by atoms with Gasteiger partial charge in [0.2, 0.25) is 0 Å². The van der Waals surface area contributed by atoms with Crippen molar-refractivity contribution in [1.29, 1.82) is 0 Å². The lowest BCUT2D eigenvalue weighted by molar-refractivity contribution is 0.511. The molecule has 3 nitrogen and oxygen atoms in total. The standard InChI is InChI=1S/C10H21NO2S/c1-10(2,3)14(12,13)7-9(11-4)8-5-6-8/h8-9,11H,5-7H2,1-4H3. The Labute approximate surface area is 87.2 Å². The molecule has 0 aromatic heterocycles. The molecular formula is C10H21NO2S. The van der Waals surface area contributed by atoms with Crippen molar-refractivity contribution in [2.75, 3.05) is 12.8 Å². The Morgan fingerprint density at radius 1 is 1.36 bits per heavy atom. The molecule has 84 valence electrons. The minimum atomic E-state index is -2.98. The van der Waals surface area contributed by atoms with Gasteiger partial charge in [-0.1, -0.05) is 0 Å². The second-order valence-electron chi connectivity index (χ2n) is 5.13. The Morgan fingerprint density at radius 3 is 2.14 bits per heavy atom. The molecular weight excluding hydrogens is 198 g/mol. The number of sulfone groups is 1. The molecule has 1 atom stereocenters. The Morgan fingerprint density at radius 2 is 1.86 bits per heavy atom. The maximum absolute atomic E-state index is 11.9. The molecule has 1 aliphatic rings. The van der Waals surface area contributed by atoms with E-state index in [0.717, 1.165) is 0 Å². The molecule has 1 aliphatic carbocycles. The fourth-order valence-corrected chi connectivity index (χ4v) is 2.85. The van der Waals surface area contributed by atoms with Crippen molar-refractivity contribution in [1.82, 2.24) is 5.32 Å². The molecule has 0 spiro atoms. The Balaban J connectivity index is 2.66. The molecule has 1 N–H and O–H groups in total. The van der Waals surface area contributed by atoms with Crippen LogP contribution in [0.5, 0.6) is 0 Å². The Hall–Kier alpha value is -0.0900. The van der Waals surface area contributed by atoms with Crippen molar-refractivity contribution in [2.24, 2.45) is 5.92 Å². The van der Waals surface area contributed by atoms with Crippen LogP contribution in [0, 0.1) is 5.92 Å². The topological polar surface area (TPSA) is 46.2 Å². The van der Waals surface area contributed by atoms with E-state index in [4.69, 9.17) is 0 Å². The zero-order chi connectivity index (χ0) is 11.0. The average Bonchev–Trinajstić information content (AvgIpc) is 2.80. The quantitative estimate of drug-likeness (QED) is 0.773. The van der Waals surface area contributed by atoms with Crippen LogP contribution in [0.2, 0.25) is 0 Å². The molecule has 1 fully saturated rings. The van der Waals surface area contributed by atoms with E-state index in [9.17, 15) is 8.42 Å². The summed E-state index contributed by atoms with van der Waals surface area (Å²) in [4.78, 5) is 0. The molecule has 1 saturated carbocycles. The van der Waals surface area contributed by atoms with Gasteiger partial charge in [-0.25, -0.2) is 8.42 Å². The van der Waals surface area contributed by atoms with Crippen molar-refractivity contribution in [3.63, 3.8) is 0 Å². The van der Waals surface area contributed by atoms with Crippen LogP contribution >= 0.6 is 0 Å². The summed E-state index contributed by atoms with van der Waals surface area (Å²) in [6, 6.07) is 0.152. The molecule has 0 aromatic rings. The van der Waals surface area contributed by atoms with E-state index in [1.165, 1.54) is 12.8 Å². The van der Waals surface area contributed by atoms with Gasteiger partial charge in [0, 0.05) is 6.04 Å². The van der Waals surface area contributed by atoms with Crippen LogP contribution in [0.25, 0.3) is 0 Å². The van der Waals surface area contributed by atoms with Crippen LogP contribution in [-0.2, 0) is 9.84 Å². The van der Waals surface area contributed by atoms with Crippen molar-refractivity contribution in [3.8, 4) is 0 Å². The van der Waals surface area contributed by atoms with E-state index in [0.29, 0.717) is 5.92 Å². The average molecular weight is 219 g/mol. The number of nitrogens with one attached hydrogen (secondary N) is 1. The first kappa shape index (κ1) is 12.0. The summed E-state index contributed by atoms with van der Waals surface area (Å²) in [6.07, 6.45) is 2.34. The highest BCUT2D eigenvalue weighted by Gasteiger charge is 2.37. The van der Waals surface area contributed by atoms with Gasteiger partial charge in [-0.05, 0) is 46.6 Å². The first-order valence-electron chi connectivity index (χ1n) is 5.17. The molecule has 4 heteroatoms. The van der Waals surface area contributed by atoms with Gasteiger partial charge in [0.15, 0.2) is 9.84 Å². The van der Waals surface area contributed by atoms with Gasteiger partial charge in [-0.2, -0.15) is 0 Å². The molecule has 0 saturated heterocycles. The van der Waals surface area contributed by atoms with Crippen LogP contribution in [0.15, 0.2) is 0 Å². The predicted molar refractivity (Wildman–Crippen MR) is 59.1 cm³/mol. The molecule has 0 radical (unpaired) electrons. The first-order valence-corrected chi connectivity index (χ1v) is 6.83. The second kappa shape index (κ2) is 3.81. The summed E-state index contributed by atoms with van der Waals surface area (Å²) >= 11 is 0. The summed E-state index contributed by atoms with van der Waals surface area (Å²) in [7, 11) is -1.13. The lowest BCUT2D eigenvalue weighted by Crippen LogP contribution is -2.41. The van der Waals surface area contributed by atoms with Crippen LogP contribution < -0.4 is 5.32 Å². The van der Waals surface area contributed by atoms with Crippen LogP contribution in [-0.4, -0.2) is 32.0 Å². The summed E-state index contributed by atoms with van der Waals surface area (Å²) < 4.78 is 23.2. The SMILES string of the molecule is CNC(CS(=O)(=O)C(C)(C)C)C1CC1. The van der Waals surface area contributed by atoms with Gasteiger partial charge in [0.05, 0.1) is 10.5 Å². The van der Waals surface area contributed by atoms with Gasteiger partial charge >= 0.3 is 0 Å². The number of hydrogen-bond donors (Lipinski definition) is 1. The zero-order valence-electron chi connectivity index (χ0n) is 9.50. The summed E-state index contributed by atoms with van der Waals surface area (Å²) in [5.41, 5.74) is 0. The third-order valence-corrected chi connectivity index (χ3v) is 5.56. The van der Waals surface area contributed by atoms with Crippen LogP contribution in [0.1, 0.15) is 33.6 Å². The van der Waals surface area contributed by atoms with E-state index in [1.807, 2.05) is 7.05 Å². The first-order chi connectivity index (χ1) is 6.28. The van der Waals surface area contributed by atoms with Crippen LogP contribution in [0.3, 0.4) is 0 Å². The molecule has 0 aliphatic heterocycles. The van der Waals surface area contributed by atoms with Gasteiger partial charge in [0.25, 0.3) is 0 Å². The molecule has 0 bridgehead atoms. The largest absolute Gasteiger partial charge is 0.316 e. The third kappa shape index (κ3) is 2.70. The highest BCUT2D eigenvalue weighted by molar-refractivity contribution is 7.92. The number of hydrogen-bond acceptors (Lipinski definition) is 3. The highest BCUT2D eigenvalue weighted by Crippen LogP contribution is 2.34. The van der Waals surface area contributed by atoms with Gasteiger partial charge in [-0.15, -0.1) is 0 Å². The number of rotatable bonds is 4. The minimum absolute atomic E-state index is 0.152. The van der Waals surface area contributed by atoms with Crippen molar-refractivity contribution < 1.29 is 8.42 Å². The van der Waals surface area contributed by atoms with E-state index < -0.39 is 14.6 Å². The summed E-state index contributed by atoms with van der Waals surface area (Å²) in [6.45, 7) is 5.30. The molecule has 14 heavy (non-hydrogen) atoms. The minimum Gasteiger partial charge on any atom is -0.316 e. The maximum atomic E-state index is 11.9. The third-order valence-electron chi connectivity index (χ3n) is 2.89. The predicted octanol–water partition coefficient (Wildman–Crippen LogP) is 1.20. The second-order valence-corrected chi connectivity index (χ2v) is 7.91. The van der Waals surface area contributed by atoms with E-state index in [1.54, 1.807) is 20.8 Å². The summed E-state index contributed by atoms with van der Waals surface area (Å²) in [5, 5.41) is 3.11. The van der Waals surface area contributed by atoms with Crippen molar-refractivity contribution in [2.45, 2.75) is 44.4 Å². The van der Waals surface area contributed by atoms with E-state index >= 15 is 0 Å². The van der Waals surface area contributed by atoms with Crippen LogP contribution in [0.4, 0.5) is 0 Å². The highest BCUT2D eigenvalue weighted by atomic mass is 32.2. The lowest BCUT2D eigenvalue weighted by atomic mass is 10.2.